The van der Waals surface area contributed by atoms with Gasteiger partial charge in [-0.3, -0.25) is 14.8 Å². The number of hydrogen-bond acceptors (Lipinski definition) is 3. The summed E-state index contributed by atoms with van der Waals surface area (Å²) in [6.07, 6.45) is 1.99. The summed E-state index contributed by atoms with van der Waals surface area (Å²) in [4.78, 5) is 26.6. The molecule has 6 heteroatoms. The summed E-state index contributed by atoms with van der Waals surface area (Å²) >= 11 is 0. The van der Waals surface area contributed by atoms with Crippen molar-refractivity contribution in [3.8, 4) is 11.1 Å². The molecule has 0 bridgehead atoms. The van der Waals surface area contributed by atoms with Crippen molar-refractivity contribution < 1.29 is 19.2 Å². The quantitative estimate of drug-likeness (QED) is 0.478. The van der Waals surface area contributed by atoms with E-state index in [1.54, 1.807) is 40.7 Å². The Kier molecular flexibility index (Phi) is 9.19. The van der Waals surface area contributed by atoms with Gasteiger partial charge in [0.25, 0.3) is 5.91 Å². The van der Waals surface area contributed by atoms with E-state index in [1.807, 2.05) is 33.8 Å². The topological polar surface area (TPSA) is 69.6 Å². The number of hydrogen-bond donors (Lipinski definition) is 2. The highest BCUT2D eigenvalue weighted by atomic mass is 19.1. The summed E-state index contributed by atoms with van der Waals surface area (Å²) < 4.78 is 14.1. The molecule has 0 radical (unpaired) electrons. The van der Waals surface area contributed by atoms with Crippen LogP contribution < -0.4 is 5.48 Å². The molecule has 0 aliphatic carbocycles. The Balaban J connectivity index is 0.00000166. The number of nitrogens with zero attached hydrogens (tertiary/aromatic N) is 1. The van der Waals surface area contributed by atoms with E-state index in [0.29, 0.717) is 37.1 Å². The molecule has 0 spiro atoms. The first kappa shape index (κ1) is 24.5. The van der Waals surface area contributed by atoms with Crippen LogP contribution in [0.25, 0.3) is 11.1 Å². The van der Waals surface area contributed by atoms with E-state index in [4.69, 9.17) is 5.21 Å². The molecular formula is C25H33FN2O3. The molecule has 0 saturated carbocycles. The van der Waals surface area contributed by atoms with Crippen molar-refractivity contribution in [2.24, 2.45) is 11.8 Å². The first-order chi connectivity index (χ1) is 15.0. The number of carbonyl (C=O) groups excluding carboxylic acids is 2. The van der Waals surface area contributed by atoms with Crippen LogP contribution in [0.5, 0.6) is 0 Å². The van der Waals surface area contributed by atoms with Crippen LogP contribution >= 0.6 is 0 Å². The highest BCUT2D eigenvalue weighted by Crippen LogP contribution is 2.28. The lowest BCUT2D eigenvalue weighted by molar-refractivity contribution is -0.135. The van der Waals surface area contributed by atoms with Crippen molar-refractivity contribution in [3.05, 3.63) is 59.4 Å². The Bertz CT molecular complexity index is 900. The summed E-state index contributed by atoms with van der Waals surface area (Å²) in [6, 6.07) is 12.0. The maximum Gasteiger partial charge on any atom is 0.254 e. The van der Waals surface area contributed by atoms with Crippen LogP contribution in [0.15, 0.2) is 42.5 Å². The fourth-order valence-corrected chi connectivity index (χ4v) is 3.95. The Hall–Kier alpha value is -2.73. The zero-order valence-electron chi connectivity index (χ0n) is 18.8. The van der Waals surface area contributed by atoms with Gasteiger partial charge in [0.2, 0.25) is 5.91 Å². The smallest absolute Gasteiger partial charge is 0.254 e. The summed E-state index contributed by atoms with van der Waals surface area (Å²) in [7, 11) is 0. The van der Waals surface area contributed by atoms with Gasteiger partial charge in [0, 0.05) is 30.1 Å². The molecule has 168 valence electrons. The van der Waals surface area contributed by atoms with Crippen LogP contribution in [0, 0.1) is 17.7 Å². The second-order valence-electron chi connectivity index (χ2n) is 7.65. The minimum atomic E-state index is -0.404. The average Bonchev–Trinajstić information content (AvgIpc) is 2.81. The van der Waals surface area contributed by atoms with Gasteiger partial charge in [-0.05, 0) is 42.0 Å². The van der Waals surface area contributed by atoms with Crippen LogP contribution in [-0.4, -0.2) is 35.0 Å². The molecule has 0 saturated heterocycles. The first-order valence-electron chi connectivity index (χ1n) is 11.1. The van der Waals surface area contributed by atoms with Crippen molar-refractivity contribution in [2.45, 2.75) is 47.0 Å². The number of benzene rings is 2. The molecule has 2 amide bonds. The molecule has 2 N–H and O–H groups in total. The standard InChI is InChI=1S/C23H27FN2O3.C2H6/c1-3-15(2)18(22(27)25-29)11-13-26-12-10-17-14-16(8-9-20(17)23(26)28)19-6-4-5-7-21(19)24;1-2/h4-9,14-15,18,29H,3,10-13H2,1-2H3,(H,25,27);1-2H3. The predicted octanol–water partition coefficient (Wildman–Crippen LogP) is 5.08. The van der Waals surface area contributed by atoms with Gasteiger partial charge in [-0.15, -0.1) is 0 Å². The Morgan fingerprint density at radius 2 is 1.90 bits per heavy atom. The van der Waals surface area contributed by atoms with Gasteiger partial charge in [-0.1, -0.05) is 64.4 Å². The monoisotopic (exact) mass is 428 g/mol. The predicted molar refractivity (Wildman–Crippen MR) is 120 cm³/mol. The minimum Gasteiger partial charge on any atom is -0.338 e. The molecule has 2 aromatic carbocycles. The van der Waals surface area contributed by atoms with E-state index in [2.05, 4.69) is 0 Å². The first-order valence-corrected chi connectivity index (χ1v) is 11.1. The van der Waals surface area contributed by atoms with Crippen LogP contribution in [0.2, 0.25) is 0 Å². The number of nitrogens with one attached hydrogen (secondary N) is 1. The average molecular weight is 429 g/mol. The van der Waals surface area contributed by atoms with Gasteiger partial charge in [-0.2, -0.15) is 0 Å². The summed E-state index contributed by atoms with van der Waals surface area (Å²) in [5.74, 6) is -0.993. The normalized spacial score (nSPS) is 14.8. The van der Waals surface area contributed by atoms with E-state index in [0.717, 1.165) is 17.5 Å². The lowest BCUT2D eigenvalue weighted by Crippen LogP contribution is -2.41. The van der Waals surface area contributed by atoms with Crippen molar-refractivity contribution in [3.63, 3.8) is 0 Å². The van der Waals surface area contributed by atoms with Crippen LogP contribution in [0.1, 0.15) is 56.5 Å². The number of fused-ring (bicyclic) bond motifs is 1. The molecule has 2 unspecified atom stereocenters. The van der Waals surface area contributed by atoms with Crippen molar-refractivity contribution in [1.82, 2.24) is 10.4 Å². The van der Waals surface area contributed by atoms with E-state index in [-0.39, 0.29) is 23.6 Å². The second-order valence-corrected chi connectivity index (χ2v) is 7.65. The SMILES string of the molecule is CC.CCC(C)C(CCN1CCc2cc(-c3ccccc3F)ccc2C1=O)C(=O)NO. The number of rotatable bonds is 7. The molecule has 0 aromatic heterocycles. The zero-order chi connectivity index (χ0) is 23.0. The van der Waals surface area contributed by atoms with E-state index >= 15 is 0 Å². The third kappa shape index (κ3) is 5.70. The third-order valence-electron chi connectivity index (χ3n) is 5.95. The third-order valence-corrected chi connectivity index (χ3v) is 5.95. The van der Waals surface area contributed by atoms with Crippen LogP contribution in [-0.2, 0) is 11.2 Å². The molecular weight excluding hydrogens is 395 g/mol. The minimum absolute atomic E-state index is 0.0707. The maximum atomic E-state index is 14.1. The van der Waals surface area contributed by atoms with Gasteiger partial charge < -0.3 is 4.90 Å². The maximum absolute atomic E-state index is 14.1. The molecule has 1 aliphatic rings. The van der Waals surface area contributed by atoms with Crippen LogP contribution in [0.4, 0.5) is 4.39 Å². The molecule has 0 fully saturated rings. The van der Waals surface area contributed by atoms with E-state index in [9.17, 15) is 14.0 Å². The largest absolute Gasteiger partial charge is 0.338 e. The van der Waals surface area contributed by atoms with Gasteiger partial charge in [-0.25, -0.2) is 9.87 Å². The lowest BCUT2D eigenvalue weighted by atomic mass is 9.87. The van der Waals surface area contributed by atoms with Crippen molar-refractivity contribution >= 4 is 11.8 Å². The molecule has 2 aromatic rings. The molecule has 1 aliphatic heterocycles. The number of halogens is 1. The summed E-state index contributed by atoms with van der Waals surface area (Å²) in [5.41, 5.74) is 4.58. The Morgan fingerprint density at radius 1 is 1.19 bits per heavy atom. The van der Waals surface area contributed by atoms with E-state index in [1.165, 1.54) is 6.07 Å². The van der Waals surface area contributed by atoms with Gasteiger partial charge in [0.1, 0.15) is 5.82 Å². The van der Waals surface area contributed by atoms with E-state index < -0.39 is 5.91 Å². The molecule has 1 heterocycles. The summed E-state index contributed by atoms with van der Waals surface area (Å²) in [6.45, 7) is 8.98. The zero-order valence-corrected chi connectivity index (χ0v) is 18.8. The lowest BCUT2D eigenvalue weighted by Gasteiger charge is -2.31. The highest BCUT2D eigenvalue weighted by Gasteiger charge is 2.28. The summed E-state index contributed by atoms with van der Waals surface area (Å²) in [5, 5.41) is 9.00. The molecule has 5 nitrogen and oxygen atoms in total. The van der Waals surface area contributed by atoms with Crippen LogP contribution in [0.3, 0.4) is 0 Å². The fraction of sp³-hybridized carbons (Fsp3) is 0.440. The van der Waals surface area contributed by atoms with Crippen molar-refractivity contribution in [2.75, 3.05) is 13.1 Å². The van der Waals surface area contributed by atoms with Gasteiger partial charge >= 0.3 is 0 Å². The number of carbonyl (C=O) groups is 2. The number of amides is 2. The van der Waals surface area contributed by atoms with Gasteiger partial charge in [0.05, 0.1) is 0 Å². The van der Waals surface area contributed by atoms with Gasteiger partial charge in [0.15, 0.2) is 0 Å². The van der Waals surface area contributed by atoms with Crippen molar-refractivity contribution in [1.29, 1.82) is 0 Å². The molecule has 3 rings (SSSR count). The fourth-order valence-electron chi connectivity index (χ4n) is 3.95. The Morgan fingerprint density at radius 3 is 2.55 bits per heavy atom. The second kappa shape index (κ2) is 11.6. The molecule has 2 atom stereocenters. The Labute approximate surface area is 184 Å². The highest BCUT2D eigenvalue weighted by molar-refractivity contribution is 5.97. The number of hydroxylamine groups is 1. The molecule has 31 heavy (non-hydrogen) atoms.